The van der Waals surface area contributed by atoms with Crippen molar-refractivity contribution in [3.05, 3.63) is 40.9 Å². The molecule has 0 radical (unpaired) electrons. The molecule has 0 spiro atoms. The molecule has 2 amide bonds. The van der Waals surface area contributed by atoms with Crippen molar-refractivity contribution in [1.82, 2.24) is 14.4 Å². The summed E-state index contributed by atoms with van der Waals surface area (Å²) in [4.78, 5) is 30.2. The molecule has 6 nitrogen and oxygen atoms in total. The van der Waals surface area contributed by atoms with Gasteiger partial charge >= 0.3 is 0 Å². The number of hydrogen-bond donors (Lipinski definition) is 0. The van der Waals surface area contributed by atoms with Crippen molar-refractivity contribution in [1.29, 1.82) is 0 Å². The number of carbonyl (C=O) groups is 2. The molecule has 1 aromatic carbocycles. The van der Waals surface area contributed by atoms with Gasteiger partial charge in [0.1, 0.15) is 10.9 Å². The van der Waals surface area contributed by atoms with E-state index in [1.807, 2.05) is 46.0 Å². The highest BCUT2D eigenvalue weighted by Crippen LogP contribution is 2.35. The Kier molecular flexibility index (Phi) is 6.35. The third-order valence-electron chi connectivity index (χ3n) is 6.40. The molecular formula is C24H27N3O3S2. The highest BCUT2D eigenvalue weighted by molar-refractivity contribution is 8.26. The van der Waals surface area contributed by atoms with Crippen molar-refractivity contribution in [2.24, 2.45) is 0 Å². The molecule has 3 aliphatic rings. The Hall–Kier alpha value is -2.16. The van der Waals surface area contributed by atoms with E-state index < -0.39 is 0 Å². The highest BCUT2D eigenvalue weighted by Gasteiger charge is 2.34. The molecule has 3 fully saturated rings. The van der Waals surface area contributed by atoms with Gasteiger partial charge in [0.15, 0.2) is 0 Å². The lowest BCUT2D eigenvalue weighted by atomic mass is 10.1. The molecule has 0 unspecified atom stereocenters. The zero-order chi connectivity index (χ0) is 22.1. The van der Waals surface area contributed by atoms with E-state index in [2.05, 4.69) is 0 Å². The van der Waals surface area contributed by atoms with Crippen LogP contribution in [0.15, 0.2) is 35.4 Å². The molecule has 0 aliphatic carbocycles. The molecule has 0 bridgehead atoms. The summed E-state index contributed by atoms with van der Waals surface area (Å²) in [6.45, 7) is 3.28. The predicted octanol–water partition coefficient (Wildman–Crippen LogP) is 4.03. The van der Waals surface area contributed by atoms with Crippen LogP contribution in [-0.2, 0) is 20.9 Å². The van der Waals surface area contributed by atoms with Gasteiger partial charge in [-0.25, -0.2) is 0 Å². The van der Waals surface area contributed by atoms with Crippen LogP contribution in [0.1, 0.15) is 37.7 Å². The maximum atomic E-state index is 13.1. The Morgan fingerprint density at radius 2 is 2.00 bits per heavy atom. The fourth-order valence-corrected chi connectivity index (χ4v) is 5.97. The number of likely N-dealkylation sites (tertiary alicyclic amines) is 1. The quantitative estimate of drug-likeness (QED) is 0.489. The second-order valence-corrected chi connectivity index (χ2v) is 10.3. The highest BCUT2D eigenvalue weighted by atomic mass is 32.2. The van der Waals surface area contributed by atoms with Gasteiger partial charge in [0.2, 0.25) is 5.91 Å². The fourth-order valence-electron chi connectivity index (χ4n) is 4.70. The van der Waals surface area contributed by atoms with E-state index in [1.165, 1.54) is 18.2 Å². The topological polar surface area (TPSA) is 54.8 Å². The standard InChI is InChI=1S/C24H27N3O3S2/c28-22(25-10-4-1-5-11-25)16-26-14-17(19-8-2-3-9-20(19)26)13-21-23(29)27(24(31)32-21)15-18-7-6-12-30-18/h2-3,8-9,13-14,18H,1,4-7,10-12,15-16H2/b21-13-/t18-/m1/s1. The molecule has 168 valence electrons. The monoisotopic (exact) mass is 469 g/mol. The van der Waals surface area contributed by atoms with Crippen molar-refractivity contribution in [3.63, 3.8) is 0 Å². The first-order valence-electron chi connectivity index (χ1n) is 11.3. The number of ether oxygens (including phenoxy) is 1. The number of carbonyl (C=O) groups excluding carboxylic acids is 2. The molecule has 2 aromatic rings. The number of benzene rings is 1. The molecular weight excluding hydrogens is 442 g/mol. The summed E-state index contributed by atoms with van der Waals surface area (Å²) in [6, 6.07) is 8.03. The van der Waals surface area contributed by atoms with Gasteiger partial charge in [-0.1, -0.05) is 42.2 Å². The predicted molar refractivity (Wildman–Crippen MR) is 131 cm³/mol. The van der Waals surface area contributed by atoms with E-state index in [9.17, 15) is 9.59 Å². The van der Waals surface area contributed by atoms with Crippen LogP contribution in [0.2, 0.25) is 0 Å². The van der Waals surface area contributed by atoms with Gasteiger partial charge in [-0.05, 0) is 44.2 Å². The van der Waals surface area contributed by atoms with E-state index in [1.54, 1.807) is 4.90 Å². The lowest BCUT2D eigenvalue weighted by Crippen LogP contribution is -2.37. The number of thioether (sulfide) groups is 1. The van der Waals surface area contributed by atoms with Crippen LogP contribution in [0.3, 0.4) is 0 Å². The maximum Gasteiger partial charge on any atom is 0.266 e. The summed E-state index contributed by atoms with van der Waals surface area (Å²) in [5.41, 5.74) is 1.93. The molecule has 0 saturated carbocycles. The van der Waals surface area contributed by atoms with Crippen molar-refractivity contribution in [2.75, 3.05) is 26.2 Å². The van der Waals surface area contributed by atoms with Crippen LogP contribution in [0, 0.1) is 0 Å². The van der Waals surface area contributed by atoms with E-state index in [0.29, 0.717) is 22.3 Å². The fraction of sp³-hybridized carbons (Fsp3) is 0.458. The van der Waals surface area contributed by atoms with Gasteiger partial charge < -0.3 is 14.2 Å². The third kappa shape index (κ3) is 4.36. The van der Waals surface area contributed by atoms with Gasteiger partial charge in [0, 0.05) is 42.4 Å². The second-order valence-electron chi connectivity index (χ2n) is 8.60. The zero-order valence-corrected chi connectivity index (χ0v) is 19.6. The lowest BCUT2D eigenvalue weighted by molar-refractivity contribution is -0.132. The van der Waals surface area contributed by atoms with Crippen molar-refractivity contribution >= 4 is 57.1 Å². The molecule has 3 saturated heterocycles. The Balaban J connectivity index is 1.39. The third-order valence-corrected chi connectivity index (χ3v) is 7.78. The summed E-state index contributed by atoms with van der Waals surface area (Å²) in [5, 5.41) is 1.03. The first kappa shape index (κ1) is 21.7. The minimum atomic E-state index is -0.0586. The van der Waals surface area contributed by atoms with Crippen LogP contribution >= 0.6 is 24.0 Å². The average molecular weight is 470 g/mol. The molecule has 0 N–H and O–H groups in total. The molecule has 1 atom stereocenters. The van der Waals surface area contributed by atoms with Gasteiger partial charge in [0.25, 0.3) is 5.91 Å². The Labute approximate surface area is 197 Å². The van der Waals surface area contributed by atoms with Crippen LogP contribution in [0.5, 0.6) is 0 Å². The van der Waals surface area contributed by atoms with E-state index in [0.717, 1.165) is 61.8 Å². The Bertz CT molecular complexity index is 1080. The molecule has 32 heavy (non-hydrogen) atoms. The minimum absolute atomic E-state index is 0.0586. The zero-order valence-electron chi connectivity index (χ0n) is 18.0. The lowest BCUT2D eigenvalue weighted by Gasteiger charge is -2.27. The summed E-state index contributed by atoms with van der Waals surface area (Å²) in [6.07, 6.45) is 9.33. The van der Waals surface area contributed by atoms with E-state index >= 15 is 0 Å². The second kappa shape index (κ2) is 9.37. The molecule has 5 rings (SSSR count). The minimum Gasteiger partial charge on any atom is -0.376 e. The van der Waals surface area contributed by atoms with E-state index in [-0.39, 0.29) is 17.9 Å². The number of thiocarbonyl (C=S) groups is 1. The summed E-state index contributed by atoms with van der Waals surface area (Å²) in [7, 11) is 0. The summed E-state index contributed by atoms with van der Waals surface area (Å²) < 4.78 is 8.28. The van der Waals surface area contributed by atoms with Crippen molar-refractivity contribution in [3.8, 4) is 0 Å². The summed E-state index contributed by atoms with van der Waals surface area (Å²) >= 11 is 6.84. The van der Waals surface area contributed by atoms with Gasteiger partial charge in [-0.15, -0.1) is 0 Å². The molecule has 1 aromatic heterocycles. The molecule has 4 heterocycles. The first-order valence-corrected chi connectivity index (χ1v) is 12.6. The maximum absolute atomic E-state index is 13.1. The van der Waals surface area contributed by atoms with Gasteiger partial charge in [0.05, 0.1) is 17.6 Å². The largest absolute Gasteiger partial charge is 0.376 e. The number of hydrogen-bond acceptors (Lipinski definition) is 5. The summed E-state index contributed by atoms with van der Waals surface area (Å²) in [5.74, 6) is 0.0941. The number of fused-ring (bicyclic) bond motifs is 1. The number of nitrogens with zero attached hydrogens (tertiary/aromatic N) is 3. The normalized spacial score (nSPS) is 23.1. The van der Waals surface area contributed by atoms with Crippen molar-refractivity contribution in [2.45, 2.75) is 44.8 Å². The molecule has 3 aliphatic heterocycles. The Morgan fingerprint density at radius 1 is 1.19 bits per heavy atom. The smallest absolute Gasteiger partial charge is 0.266 e. The van der Waals surface area contributed by atoms with Crippen LogP contribution in [-0.4, -0.2) is 62.8 Å². The van der Waals surface area contributed by atoms with Gasteiger partial charge in [-0.2, -0.15) is 0 Å². The number of amides is 2. The van der Waals surface area contributed by atoms with Gasteiger partial charge in [-0.3, -0.25) is 14.5 Å². The average Bonchev–Trinajstić information content (AvgIpc) is 3.51. The Morgan fingerprint density at radius 3 is 2.78 bits per heavy atom. The van der Waals surface area contributed by atoms with Crippen LogP contribution in [0.25, 0.3) is 17.0 Å². The number of rotatable bonds is 5. The number of piperidine rings is 1. The number of aromatic nitrogens is 1. The molecule has 8 heteroatoms. The van der Waals surface area contributed by atoms with E-state index in [4.69, 9.17) is 17.0 Å². The number of para-hydroxylation sites is 1. The SMILES string of the molecule is O=C(Cn1cc(/C=C2\SC(=S)N(C[C@H]3CCCO3)C2=O)c2ccccc21)N1CCCCC1. The van der Waals surface area contributed by atoms with Crippen molar-refractivity contribution < 1.29 is 14.3 Å². The first-order chi connectivity index (χ1) is 15.6. The van der Waals surface area contributed by atoms with Crippen LogP contribution < -0.4 is 0 Å². The van der Waals surface area contributed by atoms with Crippen LogP contribution in [0.4, 0.5) is 0 Å².